The second kappa shape index (κ2) is 5.92. The van der Waals surface area contributed by atoms with E-state index in [0.717, 1.165) is 38.5 Å². The summed E-state index contributed by atoms with van der Waals surface area (Å²) in [4.78, 5) is 23.1. The maximum atomic E-state index is 11.9. The first-order valence-electron chi connectivity index (χ1n) is 11.0. The van der Waals surface area contributed by atoms with Crippen molar-refractivity contribution in [1.29, 1.82) is 0 Å². The van der Waals surface area contributed by atoms with Gasteiger partial charge in [0.25, 0.3) is 0 Å². The topological polar surface area (TPSA) is 74.6 Å². The van der Waals surface area contributed by atoms with Crippen molar-refractivity contribution in [3.63, 3.8) is 0 Å². The molecule has 0 saturated heterocycles. The molecule has 2 N–H and O–H groups in total. The van der Waals surface area contributed by atoms with E-state index in [0.29, 0.717) is 54.1 Å². The maximum absolute atomic E-state index is 11.9. The predicted molar refractivity (Wildman–Crippen MR) is 101 cm³/mol. The van der Waals surface area contributed by atoms with Crippen molar-refractivity contribution < 1.29 is 19.8 Å². The van der Waals surface area contributed by atoms with Gasteiger partial charge in [-0.05, 0) is 98.4 Å². The fourth-order valence-electron chi connectivity index (χ4n) is 8.46. The number of rotatable bonds is 3. The number of carboxylic acids is 1. The summed E-state index contributed by atoms with van der Waals surface area (Å²) in [6.07, 6.45) is 10.8. The van der Waals surface area contributed by atoms with E-state index >= 15 is 0 Å². The van der Waals surface area contributed by atoms with Crippen LogP contribution in [-0.2, 0) is 9.59 Å². The highest BCUT2D eigenvalue weighted by Crippen LogP contribution is 2.73. The zero-order chi connectivity index (χ0) is 19.0. The Bertz CT molecular complexity index is 711. The lowest BCUT2D eigenvalue weighted by molar-refractivity contribution is -0.151. The van der Waals surface area contributed by atoms with E-state index in [4.69, 9.17) is 0 Å². The van der Waals surface area contributed by atoms with E-state index in [1.165, 1.54) is 12.0 Å². The lowest BCUT2D eigenvalue weighted by atomic mass is 9.49. The third-order valence-corrected chi connectivity index (χ3v) is 9.66. The molecule has 4 nitrogen and oxygen atoms in total. The van der Waals surface area contributed by atoms with Crippen LogP contribution in [0, 0.1) is 40.9 Å². The molecule has 4 saturated carbocycles. The number of aliphatic carboxylic acids is 1. The van der Waals surface area contributed by atoms with Gasteiger partial charge in [-0.1, -0.05) is 12.5 Å². The standard InChI is InChI=1S/C23H32O4/c1-22-10-8-16-15-5-3-14(24)12-13(15)2-4-17(16)21(22)18-6-7-19(18)23(22,27)11-9-20(25)26/h12,15-19,21,27H,2-11H2,1H3,(H,25,26)/t15-,16+,17+,18-,19+,21+,22-,23-/m0/s1. The van der Waals surface area contributed by atoms with Gasteiger partial charge in [-0.15, -0.1) is 0 Å². The lowest BCUT2D eigenvalue weighted by Gasteiger charge is -2.56. The van der Waals surface area contributed by atoms with Crippen LogP contribution >= 0.6 is 0 Å². The van der Waals surface area contributed by atoms with Crippen LogP contribution < -0.4 is 0 Å². The van der Waals surface area contributed by atoms with Crippen LogP contribution in [0.5, 0.6) is 0 Å². The Morgan fingerprint density at radius 2 is 1.93 bits per heavy atom. The van der Waals surface area contributed by atoms with Crippen LogP contribution in [0.3, 0.4) is 0 Å². The third-order valence-electron chi connectivity index (χ3n) is 9.66. The zero-order valence-electron chi connectivity index (χ0n) is 16.3. The number of aliphatic hydroxyl groups is 1. The molecule has 0 aliphatic heterocycles. The van der Waals surface area contributed by atoms with E-state index < -0.39 is 11.6 Å². The molecule has 4 fully saturated rings. The molecule has 0 aromatic rings. The number of carbonyl (C=O) groups excluding carboxylic acids is 1. The van der Waals surface area contributed by atoms with Gasteiger partial charge in [0.15, 0.2) is 5.78 Å². The molecule has 8 atom stereocenters. The largest absolute Gasteiger partial charge is 0.481 e. The summed E-state index contributed by atoms with van der Waals surface area (Å²) >= 11 is 0. The molecule has 27 heavy (non-hydrogen) atoms. The molecule has 0 bridgehead atoms. The average molecular weight is 373 g/mol. The summed E-state index contributed by atoms with van der Waals surface area (Å²) in [6, 6.07) is 0. The van der Waals surface area contributed by atoms with Gasteiger partial charge < -0.3 is 10.2 Å². The second-order valence-corrected chi connectivity index (χ2v) is 10.3. The number of allylic oxidation sites excluding steroid dienone is 1. The SMILES string of the molecule is C[C@]12CC[C@H]3[C@@H](CCC4=CC(=O)CC[C@@H]43)[C@@H]1[C@H]1CC[C@H]1[C@@]2(O)CCC(=O)O. The highest BCUT2D eigenvalue weighted by molar-refractivity contribution is 5.91. The van der Waals surface area contributed by atoms with Crippen molar-refractivity contribution in [2.24, 2.45) is 40.9 Å². The summed E-state index contributed by atoms with van der Waals surface area (Å²) in [6.45, 7) is 2.28. The lowest BCUT2D eigenvalue weighted by Crippen LogP contribution is -2.54. The van der Waals surface area contributed by atoms with Gasteiger partial charge in [-0.3, -0.25) is 9.59 Å². The number of carbonyl (C=O) groups is 2. The minimum Gasteiger partial charge on any atom is -0.481 e. The Morgan fingerprint density at radius 3 is 2.63 bits per heavy atom. The summed E-state index contributed by atoms with van der Waals surface area (Å²) in [7, 11) is 0. The summed E-state index contributed by atoms with van der Waals surface area (Å²) in [5, 5.41) is 21.1. The van der Waals surface area contributed by atoms with Crippen LogP contribution in [0.4, 0.5) is 0 Å². The van der Waals surface area contributed by atoms with Crippen LogP contribution in [0.2, 0.25) is 0 Å². The first-order valence-corrected chi connectivity index (χ1v) is 11.0. The molecular weight excluding hydrogens is 340 g/mol. The Morgan fingerprint density at radius 1 is 1.11 bits per heavy atom. The fraction of sp³-hybridized carbons (Fsp3) is 0.826. The molecule has 148 valence electrons. The van der Waals surface area contributed by atoms with Crippen molar-refractivity contribution in [3.05, 3.63) is 11.6 Å². The molecule has 0 amide bonds. The summed E-state index contributed by atoms with van der Waals surface area (Å²) in [5.74, 6) is 2.82. The van der Waals surface area contributed by atoms with Gasteiger partial charge in [0.05, 0.1) is 5.60 Å². The molecular formula is C23H32O4. The summed E-state index contributed by atoms with van der Waals surface area (Å²) in [5.41, 5.74) is 0.462. The Hall–Kier alpha value is -1.16. The van der Waals surface area contributed by atoms with Crippen molar-refractivity contribution in [1.82, 2.24) is 0 Å². The van der Waals surface area contributed by atoms with Gasteiger partial charge >= 0.3 is 5.97 Å². The molecule has 0 heterocycles. The number of carboxylic acid groups (broad SMARTS) is 1. The molecule has 0 aromatic carbocycles. The van der Waals surface area contributed by atoms with E-state index in [2.05, 4.69) is 6.92 Å². The predicted octanol–water partition coefficient (Wildman–Crippen LogP) is 3.97. The van der Waals surface area contributed by atoms with Crippen molar-refractivity contribution in [3.8, 4) is 0 Å². The minimum absolute atomic E-state index is 0.0771. The van der Waals surface area contributed by atoms with Crippen molar-refractivity contribution in [2.75, 3.05) is 0 Å². The molecule has 4 heteroatoms. The fourth-order valence-corrected chi connectivity index (χ4v) is 8.46. The van der Waals surface area contributed by atoms with Gasteiger partial charge in [0, 0.05) is 12.8 Å². The molecule has 5 aliphatic carbocycles. The van der Waals surface area contributed by atoms with Gasteiger partial charge in [0.2, 0.25) is 0 Å². The highest BCUT2D eigenvalue weighted by Gasteiger charge is 2.71. The molecule has 0 radical (unpaired) electrons. The first-order chi connectivity index (χ1) is 12.8. The van der Waals surface area contributed by atoms with E-state index in [1.54, 1.807) is 0 Å². The molecule has 5 aliphatic rings. The minimum atomic E-state index is -0.803. The van der Waals surface area contributed by atoms with Crippen molar-refractivity contribution in [2.45, 2.75) is 76.7 Å². The van der Waals surface area contributed by atoms with Gasteiger partial charge in [0.1, 0.15) is 0 Å². The number of hydrogen-bond acceptors (Lipinski definition) is 3. The molecule has 5 rings (SSSR count). The molecule has 0 unspecified atom stereocenters. The quantitative estimate of drug-likeness (QED) is 0.786. The Labute approximate surface area is 161 Å². The smallest absolute Gasteiger partial charge is 0.303 e. The Kier molecular flexibility index (Phi) is 3.93. The third kappa shape index (κ3) is 2.31. The number of fused-ring (bicyclic) bond motifs is 7. The monoisotopic (exact) mass is 372 g/mol. The van der Waals surface area contributed by atoms with E-state index in [-0.39, 0.29) is 11.8 Å². The summed E-state index contributed by atoms with van der Waals surface area (Å²) < 4.78 is 0. The molecule has 0 aromatic heterocycles. The van der Waals surface area contributed by atoms with Crippen molar-refractivity contribution >= 4 is 11.8 Å². The number of hydrogen-bond donors (Lipinski definition) is 2. The zero-order valence-corrected chi connectivity index (χ0v) is 16.3. The first kappa shape index (κ1) is 17.9. The van der Waals surface area contributed by atoms with Crippen LogP contribution in [-0.4, -0.2) is 27.6 Å². The van der Waals surface area contributed by atoms with Crippen LogP contribution in [0.1, 0.15) is 71.1 Å². The van der Waals surface area contributed by atoms with E-state index in [9.17, 15) is 19.8 Å². The number of ketones is 1. The highest BCUT2D eigenvalue weighted by atomic mass is 16.4. The maximum Gasteiger partial charge on any atom is 0.303 e. The van der Waals surface area contributed by atoms with Crippen LogP contribution in [0.15, 0.2) is 11.6 Å². The average Bonchev–Trinajstić information content (AvgIpc) is 2.73. The molecule has 0 spiro atoms. The Balaban J connectivity index is 1.47. The normalized spacial score (nSPS) is 50.6. The van der Waals surface area contributed by atoms with Crippen LogP contribution in [0.25, 0.3) is 0 Å². The van der Waals surface area contributed by atoms with Gasteiger partial charge in [-0.25, -0.2) is 0 Å². The van der Waals surface area contributed by atoms with E-state index in [1.807, 2.05) is 6.08 Å². The van der Waals surface area contributed by atoms with Gasteiger partial charge in [-0.2, -0.15) is 0 Å². The second-order valence-electron chi connectivity index (χ2n) is 10.3.